The summed E-state index contributed by atoms with van der Waals surface area (Å²) >= 11 is 0. The minimum Gasteiger partial charge on any atom is -0.352 e. The lowest BCUT2D eigenvalue weighted by Crippen LogP contribution is -2.54. The minimum atomic E-state index is -4.06. The van der Waals surface area contributed by atoms with Crippen molar-refractivity contribution in [3.63, 3.8) is 0 Å². The number of nitrogens with zero attached hydrogens (tertiary/aromatic N) is 2. The van der Waals surface area contributed by atoms with Crippen LogP contribution < -0.4 is 9.62 Å². The molecule has 0 aromatic heterocycles. The van der Waals surface area contributed by atoms with Gasteiger partial charge in [-0.15, -0.1) is 0 Å². The first-order valence-electron chi connectivity index (χ1n) is 14.6. The largest absolute Gasteiger partial charge is 0.352 e. The summed E-state index contributed by atoms with van der Waals surface area (Å²) in [6.07, 6.45) is 5.84. The molecular formula is C33H41N3O4S. The number of aryl methyl sites for hydroxylation is 1. The fourth-order valence-corrected chi connectivity index (χ4v) is 6.84. The van der Waals surface area contributed by atoms with Crippen LogP contribution in [-0.4, -0.2) is 50.3 Å². The maximum Gasteiger partial charge on any atom is 0.264 e. The second-order valence-corrected chi connectivity index (χ2v) is 12.4. The van der Waals surface area contributed by atoms with Gasteiger partial charge in [-0.2, -0.15) is 0 Å². The van der Waals surface area contributed by atoms with Crippen molar-refractivity contribution in [2.24, 2.45) is 0 Å². The molecular weight excluding hydrogens is 534 g/mol. The van der Waals surface area contributed by atoms with E-state index in [1.54, 1.807) is 35.2 Å². The number of sulfonamides is 1. The van der Waals surface area contributed by atoms with Crippen LogP contribution in [0.1, 0.15) is 57.1 Å². The van der Waals surface area contributed by atoms with Gasteiger partial charge >= 0.3 is 0 Å². The van der Waals surface area contributed by atoms with E-state index in [0.29, 0.717) is 25.1 Å². The predicted molar refractivity (Wildman–Crippen MR) is 163 cm³/mol. The Morgan fingerprint density at radius 1 is 0.854 bits per heavy atom. The van der Waals surface area contributed by atoms with Crippen LogP contribution in [-0.2, 0) is 32.5 Å². The van der Waals surface area contributed by atoms with Crippen LogP contribution in [0.15, 0.2) is 89.8 Å². The maximum absolute atomic E-state index is 14.1. The second kappa shape index (κ2) is 14.3. The Hall–Kier alpha value is -3.65. The lowest BCUT2D eigenvalue weighted by Gasteiger charge is -2.33. The average molecular weight is 576 g/mol. The molecule has 1 N–H and O–H groups in total. The van der Waals surface area contributed by atoms with E-state index in [-0.39, 0.29) is 16.8 Å². The summed E-state index contributed by atoms with van der Waals surface area (Å²) in [6.45, 7) is 3.81. The van der Waals surface area contributed by atoms with E-state index in [0.717, 1.165) is 43.2 Å². The number of anilines is 1. The molecule has 2 amide bonds. The molecule has 41 heavy (non-hydrogen) atoms. The number of nitrogens with one attached hydrogen (secondary N) is 1. The van der Waals surface area contributed by atoms with E-state index in [1.165, 1.54) is 16.4 Å². The van der Waals surface area contributed by atoms with Crippen LogP contribution in [0.5, 0.6) is 0 Å². The predicted octanol–water partition coefficient (Wildman–Crippen LogP) is 5.35. The summed E-state index contributed by atoms with van der Waals surface area (Å²) in [5.74, 6) is -0.584. The van der Waals surface area contributed by atoms with Gasteiger partial charge in [-0.1, -0.05) is 87.4 Å². The quantitative estimate of drug-likeness (QED) is 0.298. The lowest BCUT2D eigenvalue weighted by molar-refractivity contribution is -0.139. The van der Waals surface area contributed by atoms with E-state index >= 15 is 0 Å². The molecule has 1 saturated carbocycles. The third-order valence-corrected chi connectivity index (χ3v) is 9.60. The van der Waals surface area contributed by atoms with Gasteiger partial charge in [-0.3, -0.25) is 13.9 Å². The van der Waals surface area contributed by atoms with Gasteiger partial charge in [-0.25, -0.2) is 8.42 Å². The SMILES string of the molecule is CCc1ccc(N(CC(=O)N(CCc2ccccc2)[C@H](CC)C(=O)NC2CCCC2)S(=O)(=O)c2ccccc2)cc1. The lowest BCUT2D eigenvalue weighted by atomic mass is 10.1. The fourth-order valence-electron chi connectivity index (χ4n) is 5.41. The first-order chi connectivity index (χ1) is 19.8. The Balaban J connectivity index is 1.66. The number of carbonyl (C=O) groups is 2. The third-order valence-electron chi connectivity index (χ3n) is 7.81. The molecule has 3 aromatic carbocycles. The molecule has 218 valence electrons. The summed E-state index contributed by atoms with van der Waals surface area (Å²) in [6, 6.07) is 24.6. The van der Waals surface area contributed by atoms with Crippen molar-refractivity contribution in [2.75, 3.05) is 17.4 Å². The van der Waals surface area contributed by atoms with Gasteiger partial charge in [0.15, 0.2) is 0 Å². The van der Waals surface area contributed by atoms with Gasteiger partial charge < -0.3 is 10.2 Å². The smallest absolute Gasteiger partial charge is 0.264 e. The Labute approximate surface area is 244 Å². The number of carbonyl (C=O) groups excluding carboxylic acids is 2. The topological polar surface area (TPSA) is 86.8 Å². The molecule has 1 aliphatic rings. The molecule has 7 nitrogen and oxygen atoms in total. The molecule has 0 spiro atoms. The molecule has 0 bridgehead atoms. The normalized spacial score (nSPS) is 14.4. The highest BCUT2D eigenvalue weighted by molar-refractivity contribution is 7.92. The molecule has 4 rings (SSSR count). The van der Waals surface area contributed by atoms with Crippen LogP contribution in [0, 0.1) is 0 Å². The van der Waals surface area contributed by atoms with Gasteiger partial charge in [0.05, 0.1) is 10.6 Å². The Morgan fingerprint density at radius 2 is 1.46 bits per heavy atom. The Bertz CT molecular complexity index is 1370. The standard InChI is InChI=1S/C33H41N3O4S/c1-3-26-19-21-29(22-20-26)36(41(39,40)30-17-9-6-10-18-30)25-32(37)35(24-23-27-13-7-5-8-14-27)31(4-2)33(38)34-28-15-11-12-16-28/h5-10,13-14,17-22,28,31H,3-4,11-12,15-16,23-25H2,1-2H3,(H,34,38)/t31-/m1/s1. The summed E-state index contributed by atoms with van der Waals surface area (Å²) in [5, 5.41) is 3.15. The number of amides is 2. The van der Waals surface area contributed by atoms with E-state index in [4.69, 9.17) is 0 Å². The first kappa shape index (κ1) is 30.3. The molecule has 1 atom stereocenters. The van der Waals surface area contributed by atoms with Crippen molar-refractivity contribution >= 4 is 27.5 Å². The van der Waals surface area contributed by atoms with Crippen molar-refractivity contribution in [3.05, 3.63) is 96.1 Å². The van der Waals surface area contributed by atoms with Crippen molar-refractivity contribution < 1.29 is 18.0 Å². The van der Waals surface area contributed by atoms with E-state index in [9.17, 15) is 18.0 Å². The zero-order valence-electron chi connectivity index (χ0n) is 24.0. The summed E-state index contributed by atoms with van der Waals surface area (Å²) in [4.78, 5) is 29.3. The molecule has 1 aliphatic carbocycles. The van der Waals surface area contributed by atoms with Gasteiger partial charge in [0.1, 0.15) is 12.6 Å². The zero-order valence-corrected chi connectivity index (χ0v) is 24.9. The Kier molecular flexibility index (Phi) is 10.6. The van der Waals surface area contributed by atoms with Gasteiger partial charge in [0, 0.05) is 12.6 Å². The van der Waals surface area contributed by atoms with Crippen molar-refractivity contribution in [2.45, 2.75) is 75.8 Å². The molecule has 0 aliphatic heterocycles. The molecule has 0 saturated heterocycles. The summed E-state index contributed by atoms with van der Waals surface area (Å²) in [7, 11) is -4.06. The molecule has 0 heterocycles. The molecule has 0 unspecified atom stereocenters. The van der Waals surface area contributed by atoms with Crippen molar-refractivity contribution in [1.82, 2.24) is 10.2 Å². The first-order valence-corrected chi connectivity index (χ1v) is 16.1. The van der Waals surface area contributed by atoms with Crippen molar-refractivity contribution in [1.29, 1.82) is 0 Å². The second-order valence-electron chi connectivity index (χ2n) is 10.6. The van der Waals surface area contributed by atoms with Gasteiger partial charge in [0.25, 0.3) is 10.0 Å². The number of benzene rings is 3. The fraction of sp³-hybridized carbons (Fsp3) is 0.394. The summed E-state index contributed by atoms with van der Waals surface area (Å²) < 4.78 is 29.0. The van der Waals surface area contributed by atoms with E-state index in [2.05, 4.69) is 5.32 Å². The third kappa shape index (κ3) is 7.76. The van der Waals surface area contributed by atoms with Crippen LogP contribution >= 0.6 is 0 Å². The van der Waals surface area contributed by atoms with Gasteiger partial charge in [0.2, 0.25) is 11.8 Å². The van der Waals surface area contributed by atoms with Crippen LogP contribution in [0.25, 0.3) is 0 Å². The average Bonchev–Trinajstić information content (AvgIpc) is 3.51. The Morgan fingerprint density at radius 3 is 2.05 bits per heavy atom. The molecule has 1 fully saturated rings. The number of rotatable bonds is 13. The van der Waals surface area contributed by atoms with E-state index in [1.807, 2.05) is 56.3 Å². The monoisotopic (exact) mass is 575 g/mol. The highest BCUT2D eigenvalue weighted by Gasteiger charge is 2.34. The van der Waals surface area contributed by atoms with E-state index < -0.39 is 28.5 Å². The van der Waals surface area contributed by atoms with Crippen LogP contribution in [0.2, 0.25) is 0 Å². The zero-order chi connectivity index (χ0) is 29.2. The van der Waals surface area contributed by atoms with Gasteiger partial charge in [-0.05, 0) is 67.5 Å². The number of hydrogen-bond donors (Lipinski definition) is 1. The molecule has 8 heteroatoms. The molecule has 0 radical (unpaired) electrons. The van der Waals surface area contributed by atoms with Crippen molar-refractivity contribution in [3.8, 4) is 0 Å². The number of hydrogen-bond acceptors (Lipinski definition) is 4. The highest BCUT2D eigenvalue weighted by atomic mass is 32.2. The maximum atomic E-state index is 14.1. The van der Waals surface area contributed by atoms with Crippen LogP contribution in [0.4, 0.5) is 5.69 Å². The minimum absolute atomic E-state index is 0.106. The molecule has 3 aromatic rings. The summed E-state index contributed by atoms with van der Waals surface area (Å²) in [5.41, 5.74) is 2.52. The van der Waals surface area contributed by atoms with Crippen LogP contribution in [0.3, 0.4) is 0 Å². The highest BCUT2D eigenvalue weighted by Crippen LogP contribution is 2.25.